The minimum absolute atomic E-state index is 0.645. The zero-order chi connectivity index (χ0) is 5.91. The van der Waals surface area contributed by atoms with Crippen LogP contribution >= 0.6 is 0 Å². The summed E-state index contributed by atoms with van der Waals surface area (Å²) in [5.41, 5.74) is -0.645. The van der Waals surface area contributed by atoms with Gasteiger partial charge in [-0.05, 0) is 0 Å². The molecule has 0 bridgehead atoms. The minimum atomic E-state index is -0.645. The summed E-state index contributed by atoms with van der Waals surface area (Å²) in [6.45, 7) is 8.50. The average Bonchev–Trinajstić information content (AvgIpc) is 1.30. The predicted molar refractivity (Wildman–Crippen MR) is 39.6 cm³/mol. The molecule has 0 nitrogen and oxygen atoms in total. The third-order valence-corrected chi connectivity index (χ3v) is 4.03. The van der Waals surface area contributed by atoms with E-state index in [1.54, 1.807) is 0 Å². The standard InChI is InChI=1S/C5H11Si.Sn.H/c1-4-5-6(2)3;;/h4H,1,5H2,2-3H3;;. The summed E-state index contributed by atoms with van der Waals surface area (Å²) in [5.74, 6) is 0. The molecule has 0 unspecified atom stereocenters. The van der Waals surface area contributed by atoms with Crippen LogP contribution in [0.5, 0.6) is 0 Å². The summed E-state index contributed by atoms with van der Waals surface area (Å²) in [7, 11) is 0. The molecule has 0 aliphatic rings. The molecule has 0 aromatic heterocycles. The molecule has 0 rings (SSSR count). The van der Waals surface area contributed by atoms with E-state index < -0.39 is 5.58 Å². The number of hydrogen-bond acceptors (Lipinski definition) is 0. The van der Waals surface area contributed by atoms with E-state index in [-0.39, 0.29) is 0 Å². The Balaban J connectivity index is 3.34. The van der Waals surface area contributed by atoms with Gasteiger partial charge in [0.25, 0.3) is 0 Å². The quantitative estimate of drug-likeness (QED) is 0.484. The van der Waals surface area contributed by atoms with E-state index in [4.69, 9.17) is 0 Å². The molecule has 0 fully saturated rings. The van der Waals surface area contributed by atoms with Gasteiger partial charge in [-0.15, -0.1) is 0 Å². The topological polar surface area (TPSA) is 0 Å². The molecule has 0 saturated heterocycles. The average molecular weight is 219 g/mol. The van der Waals surface area contributed by atoms with Gasteiger partial charge in [-0.2, -0.15) is 0 Å². The Kier molecular flexibility index (Phi) is 3.23. The molecule has 0 N–H and O–H groups in total. The summed E-state index contributed by atoms with van der Waals surface area (Å²) in [6, 6.07) is 1.30. The monoisotopic (exact) mass is 220 g/mol. The van der Waals surface area contributed by atoms with Crippen molar-refractivity contribution >= 4 is 27.3 Å². The number of rotatable bonds is 2. The van der Waals surface area contributed by atoms with Crippen molar-refractivity contribution < 1.29 is 0 Å². The molecule has 7 heavy (non-hydrogen) atoms. The molecular weight excluding hydrogens is 207 g/mol. The maximum atomic E-state index is 3.70. The summed E-state index contributed by atoms with van der Waals surface area (Å²) in [5, 5.41) is 0. The third-order valence-electron chi connectivity index (χ3n) is 0.670. The molecule has 0 aromatic rings. The van der Waals surface area contributed by atoms with Crippen molar-refractivity contribution in [3.05, 3.63) is 12.7 Å². The fourth-order valence-electron chi connectivity index (χ4n) is 0.372. The Morgan fingerprint density at radius 1 is 1.71 bits per heavy atom. The van der Waals surface area contributed by atoms with E-state index in [1.807, 2.05) is 0 Å². The van der Waals surface area contributed by atoms with Gasteiger partial charge in [0.1, 0.15) is 0 Å². The SMILES string of the molecule is C=CC[Si](C)(C)[SnH]. The summed E-state index contributed by atoms with van der Waals surface area (Å²) < 4.78 is 0. The number of allylic oxidation sites excluding steroid dienone is 1. The molecule has 40 valence electrons. The van der Waals surface area contributed by atoms with Crippen LogP contribution in [0.15, 0.2) is 12.7 Å². The Morgan fingerprint density at radius 3 is 2.14 bits per heavy atom. The molecule has 0 saturated carbocycles. The Hall–Kier alpha value is 0.756. The van der Waals surface area contributed by atoms with E-state index >= 15 is 0 Å². The van der Waals surface area contributed by atoms with E-state index in [0.29, 0.717) is 0 Å². The summed E-state index contributed by atoms with van der Waals surface area (Å²) in [4.78, 5) is 0. The van der Waals surface area contributed by atoms with Crippen LogP contribution in [0.1, 0.15) is 0 Å². The molecular formula is C5H12SiSn. The molecule has 2 radical (unpaired) electrons. The van der Waals surface area contributed by atoms with Gasteiger partial charge in [0.15, 0.2) is 0 Å². The van der Waals surface area contributed by atoms with Gasteiger partial charge in [-0.25, -0.2) is 0 Å². The second-order valence-corrected chi connectivity index (χ2v) is 20.2. The summed E-state index contributed by atoms with van der Waals surface area (Å²) in [6.07, 6.45) is 2.05. The molecule has 2 heteroatoms. The van der Waals surface area contributed by atoms with Gasteiger partial charge < -0.3 is 0 Å². The number of hydrogen-bond donors (Lipinski definition) is 0. The fourth-order valence-corrected chi connectivity index (χ4v) is 2.54. The first-order chi connectivity index (χ1) is 3.06. The van der Waals surface area contributed by atoms with E-state index in [0.717, 1.165) is 0 Å². The zero-order valence-electron chi connectivity index (χ0n) is 5.07. The normalized spacial score (nSPS) is 11.3. The van der Waals surface area contributed by atoms with Crippen molar-refractivity contribution in [2.24, 2.45) is 0 Å². The van der Waals surface area contributed by atoms with Crippen LogP contribution in [0.4, 0.5) is 0 Å². The van der Waals surface area contributed by atoms with Crippen LogP contribution in [-0.2, 0) is 0 Å². The fraction of sp³-hybridized carbons (Fsp3) is 0.600. The summed E-state index contributed by atoms with van der Waals surface area (Å²) >= 11 is 1.47. The molecule has 0 heterocycles. The molecule has 0 amide bonds. The van der Waals surface area contributed by atoms with Crippen LogP contribution in [0.25, 0.3) is 0 Å². The Morgan fingerprint density at radius 2 is 2.14 bits per heavy atom. The van der Waals surface area contributed by atoms with Crippen molar-refractivity contribution in [3.63, 3.8) is 0 Å². The van der Waals surface area contributed by atoms with Gasteiger partial charge >= 0.3 is 59.1 Å². The molecule has 0 atom stereocenters. The predicted octanol–water partition coefficient (Wildman–Crippen LogP) is 1.28. The first-order valence-electron chi connectivity index (χ1n) is 2.46. The Labute approximate surface area is 59.2 Å². The van der Waals surface area contributed by atoms with E-state index in [2.05, 4.69) is 25.7 Å². The van der Waals surface area contributed by atoms with Gasteiger partial charge in [-0.1, -0.05) is 0 Å². The van der Waals surface area contributed by atoms with Crippen molar-refractivity contribution in [2.75, 3.05) is 0 Å². The van der Waals surface area contributed by atoms with Crippen molar-refractivity contribution in [1.82, 2.24) is 0 Å². The van der Waals surface area contributed by atoms with Crippen LogP contribution in [0, 0.1) is 0 Å². The van der Waals surface area contributed by atoms with Gasteiger partial charge in [0.2, 0.25) is 0 Å². The van der Waals surface area contributed by atoms with Gasteiger partial charge in [-0.3, -0.25) is 0 Å². The van der Waals surface area contributed by atoms with Gasteiger partial charge in [0.05, 0.1) is 0 Å². The first kappa shape index (κ1) is 7.76. The van der Waals surface area contributed by atoms with Crippen molar-refractivity contribution in [2.45, 2.75) is 19.1 Å². The molecule has 0 aliphatic carbocycles. The maximum absolute atomic E-state index is 3.70. The molecule has 0 aromatic carbocycles. The van der Waals surface area contributed by atoms with Crippen molar-refractivity contribution in [1.29, 1.82) is 0 Å². The Bertz CT molecular complexity index is 63.0. The third kappa shape index (κ3) is 6.76. The van der Waals surface area contributed by atoms with Crippen LogP contribution < -0.4 is 0 Å². The molecule has 0 spiro atoms. The molecule has 0 aliphatic heterocycles. The van der Waals surface area contributed by atoms with E-state index in [9.17, 15) is 0 Å². The van der Waals surface area contributed by atoms with Crippen LogP contribution in [0.2, 0.25) is 19.1 Å². The second kappa shape index (κ2) is 2.92. The van der Waals surface area contributed by atoms with Gasteiger partial charge in [0, 0.05) is 0 Å². The zero-order valence-corrected chi connectivity index (χ0v) is 9.36. The van der Waals surface area contributed by atoms with E-state index in [1.165, 1.54) is 27.8 Å². The van der Waals surface area contributed by atoms with Crippen LogP contribution in [-0.4, -0.2) is 27.3 Å². The second-order valence-electron chi connectivity index (χ2n) is 2.48. The van der Waals surface area contributed by atoms with Crippen molar-refractivity contribution in [3.8, 4) is 0 Å². The van der Waals surface area contributed by atoms with Crippen LogP contribution in [0.3, 0.4) is 0 Å². The first-order valence-corrected chi connectivity index (χ1v) is 10.7.